The first-order chi connectivity index (χ1) is 9.09. The van der Waals surface area contributed by atoms with Crippen LogP contribution in [0.3, 0.4) is 0 Å². The summed E-state index contributed by atoms with van der Waals surface area (Å²) in [6.45, 7) is 5.67. The van der Waals surface area contributed by atoms with Crippen molar-refractivity contribution in [2.24, 2.45) is 0 Å². The third-order valence-electron chi connectivity index (χ3n) is 2.78. The minimum absolute atomic E-state index is 0.0977. The predicted molar refractivity (Wildman–Crippen MR) is 73.3 cm³/mol. The van der Waals surface area contributed by atoms with Gasteiger partial charge in [-0.1, -0.05) is 30.9 Å². The number of allylic oxidation sites excluding steroid dienone is 9. The quantitative estimate of drug-likeness (QED) is 0.722. The summed E-state index contributed by atoms with van der Waals surface area (Å²) in [7, 11) is 0. The number of ketones is 2. The molecule has 0 unspecified atom stereocenters. The number of ether oxygens (including phenoxy) is 1. The van der Waals surface area contributed by atoms with Crippen molar-refractivity contribution in [2.45, 2.75) is 6.92 Å². The highest BCUT2D eigenvalue weighted by Crippen LogP contribution is 2.24. The fraction of sp³-hybridized carbons (Fsp3) is 0.125. The Balaban J connectivity index is 2.53. The van der Waals surface area contributed by atoms with Crippen molar-refractivity contribution in [1.29, 1.82) is 0 Å². The van der Waals surface area contributed by atoms with Crippen molar-refractivity contribution >= 4 is 11.6 Å². The minimum atomic E-state index is -0.208. The van der Waals surface area contributed by atoms with Gasteiger partial charge >= 0.3 is 0 Å². The van der Waals surface area contributed by atoms with Crippen LogP contribution >= 0.6 is 0 Å². The first-order valence-corrected chi connectivity index (χ1v) is 5.93. The van der Waals surface area contributed by atoms with Gasteiger partial charge in [0.05, 0.1) is 0 Å². The van der Waals surface area contributed by atoms with Crippen LogP contribution in [0.1, 0.15) is 6.92 Å². The molecule has 0 aromatic heterocycles. The van der Waals surface area contributed by atoms with Crippen LogP contribution in [-0.4, -0.2) is 18.2 Å². The highest BCUT2D eigenvalue weighted by Gasteiger charge is 2.22. The number of rotatable bonds is 1. The Morgan fingerprint density at radius 3 is 2.37 bits per heavy atom. The lowest BCUT2D eigenvalue weighted by Gasteiger charge is -2.19. The highest BCUT2D eigenvalue weighted by molar-refractivity contribution is 6.16. The lowest BCUT2D eigenvalue weighted by molar-refractivity contribution is -0.114. The summed E-state index contributed by atoms with van der Waals surface area (Å²) >= 11 is 0. The van der Waals surface area contributed by atoms with E-state index in [-0.39, 0.29) is 18.2 Å². The van der Waals surface area contributed by atoms with Crippen molar-refractivity contribution in [1.82, 2.24) is 0 Å². The minimum Gasteiger partial charge on any atom is -0.488 e. The summed E-state index contributed by atoms with van der Waals surface area (Å²) in [6.07, 6.45) is 11.2. The Bertz CT molecular complexity index is 595. The lowest BCUT2D eigenvalue weighted by atomic mass is 9.96. The van der Waals surface area contributed by atoms with Gasteiger partial charge in [0.25, 0.3) is 0 Å². The van der Waals surface area contributed by atoms with E-state index < -0.39 is 0 Å². The largest absolute Gasteiger partial charge is 0.488 e. The topological polar surface area (TPSA) is 43.4 Å². The van der Waals surface area contributed by atoms with E-state index >= 15 is 0 Å². The van der Waals surface area contributed by atoms with Crippen LogP contribution in [-0.2, 0) is 14.3 Å². The van der Waals surface area contributed by atoms with E-state index in [0.717, 1.165) is 5.57 Å². The maximum absolute atomic E-state index is 12.1. The Kier molecular flexibility index (Phi) is 3.76. The summed E-state index contributed by atoms with van der Waals surface area (Å²) in [4.78, 5) is 24.1. The van der Waals surface area contributed by atoms with E-state index in [2.05, 4.69) is 6.58 Å². The van der Waals surface area contributed by atoms with Crippen molar-refractivity contribution < 1.29 is 14.3 Å². The molecule has 2 aliphatic rings. The molecule has 1 aliphatic carbocycles. The van der Waals surface area contributed by atoms with Crippen LogP contribution in [0.5, 0.6) is 0 Å². The van der Waals surface area contributed by atoms with Crippen molar-refractivity contribution in [3.05, 3.63) is 71.6 Å². The second-order valence-corrected chi connectivity index (χ2v) is 4.30. The smallest absolute Gasteiger partial charge is 0.186 e. The van der Waals surface area contributed by atoms with Crippen LogP contribution in [0.4, 0.5) is 0 Å². The molecule has 0 fully saturated rings. The lowest BCUT2D eigenvalue weighted by Crippen LogP contribution is -2.18. The molecule has 0 bridgehead atoms. The van der Waals surface area contributed by atoms with Crippen LogP contribution in [0.25, 0.3) is 0 Å². The van der Waals surface area contributed by atoms with Crippen molar-refractivity contribution in [2.75, 3.05) is 6.61 Å². The fourth-order valence-electron chi connectivity index (χ4n) is 1.76. The molecule has 19 heavy (non-hydrogen) atoms. The number of carbonyl (C=O) groups excluding carboxylic acids is 2. The monoisotopic (exact) mass is 254 g/mol. The standard InChI is InChI=1S/C16H14O3/c1-11(2)16-9-12-13(10-19-16)15(18)8-6-4-3-5-7-14(12)17/h3-9H,1,10H2,2H3/b4-3-,7-5+,8-6+. The van der Waals surface area contributed by atoms with Gasteiger partial charge in [0.15, 0.2) is 11.6 Å². The third-order valence-corrected chi connectivity index (χ3v) is 2.78. The van der Waals surface area contributed by atoms with E-state index in [1.54, 1.807) is 37.3 Å². The molecule has 0 aromatic carbocycles. The Hall–Kier alpha value is -2.42. The van der Waals surface area contributed by atoms with Gasteiger partial charge in [-0.05, 0) is 30.7 Å². The molecule has 0 amide bonds. The molecule has 3 nitrogen and oxygen atoms in total. The SMILES string of the molecule is C=C(C)C1=CC2=C(CO1)C(=O)/C=C/C=C\C=C\C2=O. The van der Waals surface area contributed by atoms with Gasteiger partial charge in [-0.15, -0.1) is 0 Å². The maximum atomic E-state index is 12.1. The second kappa shape index (κ2) is 5.48. The fourth-order valence-corrected chi connectivity index (χ4v) is 1.76. The predicted octanol–water partition coefficient (Wildman–Crippen LogP) is 2.59. The van der Waals surface area contributed by atoms with Crippen LogP contribution in [0.15, 0.2) is 71.6 Å². The third kappa shape index (κ3) is 2.88. The van der Waals surface area contributed by atoms with Gasteiger partial charge in [0.1, 0.15) is 12.4 Å². The first-order valence-electron chi connectivity index (χ1n) is 5.93. The molecule has 0 saturated heterocycles. The van der Waals surface area contributed by atoms with Gasteiger partial charge in [0, 0.05) is 11.1 Å². The summed E-state index contributed by atoms with van der Waals surface area (Å²) in [5.74, 6) is 0.135. The van der Waals surface area contributed by atoms with E-state index in [1.165, 1.54) is 12.2 Å². The zero-order chi connectivity index (χ0) is 13.8. The molecule has 0 atom stereocenters. The molecule has 3 heteroatoms. The molecule has 0 radical (unpaired) electrons. The van der Waals surface area contributed by atoms with Crippen LogP contribution in [0, 0.1) is 0 Å². The molecule has 1 heterocycles. The number of carbonyl (C=O) groups is 2. The van der Waals surface area contributed by atoms with Crippen molar-refractivity contribution in [3.8, 4) is 0 Å². The molecule has 0 aromatic rings. The molecular formula is C16H14O3. The van der Waals surface area contributed by atoms with E-state index in [4.69, 9.17) is 4.74 Å². The van der Waals surface area contributed by atoms with Gasteiger partial charge < -0.3 is 4.74 Å². The first kappa shape index (κ1) is 13.0. The van der Waals surface area contributed by atoms with Crippen molar-refractivity contribution in [3.63, 3.8) is 0 Å². The molecule has 2 rings (SSSR count). The molecule has 96 valence electrons. The molecule has 0 saturated carbocycles. The summed E-state index contributed by atoms with van der Waals surface area (Å²) in [5.41, 5.74) is 1.49. The zero-order valence-electron chi connectivity index (χ0n) is 10.7. The van der Waals surface area contributed by atoms with Crippen LogP contribution in [0.2, 0.25) is 0 Å². The van der Waals surface area contributed by atoms with Gasteiger partial charge in [0.2, 0.25) is 0 Å². The Morgan fingerprint density at radius 2 is 1.74 bits per heavy atom. The van der Waals surface area contributed by atoms with Gasteiger partial charge in [-0.2, -0.15) is 0 Å². The van der Waals surface area contributed by atoms with Gasteiger partial charge in [-0.25, -0.2) is 0 Å². The average molecular weight is 254 g/mol. The van der Waals surface area contributed by atoms with Gasteiger partial charge in [-0.3, -0.25) is 9.59 Å². The molecular weight excluding hydrogens is 240 g/mol. The maximum Gasteiger partial charge on any atom is 0.186 e. The van der Waals surface area contributed by atoms with Crippen LogP contribution < -0.4 is 0 Å². The molecule has 0 N–H and O–H groups in total. The van der Waals surface area contributed by atoms with E-state index in [9.17, 15) is 9.59 Å². The van der Waals surface area contributed by atoms with E-state index in [1.807, 2.05) is 0 Å². The summed E-state index contributed by atoms with van der Waals surface area (Å²) < 4.78 is 5.45. The average Bonchev–Trinajstić information content (AvgIpc) is 2.40. The molecule has 0 spiro atoms. The van der Waals surface area contributed by atoms with E-state index in [0.29, 0.717) is 16.9 Å². The second-order valence-electron chi connectivity index (χ2n) is 4.30. The number of hydrogen-bond acceptors (Lipinski definition) is 3. The zero-order valence-corrected chi connectivity index (χ0v) is 10.7. The number of hydrogen-bond donors (Lipinski definition) is 0. The highest BCUT2D eigenvalue weighted by atomic mass is 16.5. The normalized spacial score (nSPS) is 23.9. The Labute approximate surface area is 112 Å². The summed E-state index contributed by atoms with van der Waals surface area (Å²) in [5, 5.41) is 0. The summed E-state index contributed by atoms with van der Waals surface area (Å²) in [6, 6.07) is 0. The molecule has 1 aliphatic heterocycles. The Morgan fingerprint density at radius 1 is 1.11 bits per heavy atom.